The summed E-state index contributed by atoms with van der Waals surface area (Å²) in [4.78, 5) is 83.7. The average Bonchev–Trinajstić information content (AvgIpc) is 0.856. The smallest absolute Gasteiger partial charge is 1.00 e. The number of carboxylic acid groups (broad SMARTS) is 3. The number of rotatable bonds is 12. The topological polar surface area (TPSA) is 485 Å². The molecule has 0 amide bonds. The number of methoxy groups -OCH3 is 3. The number of nitrogen functional groups attached to an aromatic ring is 1. The number of nitro benzene ring substituents is 2. The first-order valence-corrected chi connectivity index (χ1v) is 31.2. The van der Waals surface area contributed by atoms with Crippen molar-refractivity contribution in [1.82, 2.24) is 5.64 Å². The summed E-state index contributed by atoms with van der Waals surface area (Å²) >= 11 is 4.01. The van der Waals surface area contributed by atoms with Gasteiger partial charge >= 0.3 is 75.8 Å². The van der Waals surface area contributed by atoms with Crippen molar-refractivity contribution in [2.45, 2.75) is 71.2 Å². The molecule has 560 valence electrons. The molecular formula is C56H69Cl2F6I3N4NaO26S2-. The van der Waals surface area contributed by atoms with E-state index in [1.54, 1.807) is 33.8 Å². The van der Waals surface area contributed by atoms with E-state index < -0.39 is 116 Å². The van der Waals surface area contributed by atoms with Crippen LogP contribution in [0.25, 0.3) is 0 Å². The number of ether oxygens (including phenoxy) is 3. The Bertz CT molecular complexity index is 3810. The fourth-order valence-corrected chi connectivity index (χ4v) is 6.84. The van der Waals surface area contributed by atoms with E-state index in [2.05, 4.69) is 49.2 Å². The first-order valence-electron chi connectivity index (χ1n) is 23.7. The van der Waals surface area contributed by atoms with Crippen molar-refractivity contribution in [3.8, 4) is 0 Å². The minimum Gasteiger partial charge on any atom is -1.00 e. The quantitative estimate of drug-likeness (QED) is 0.00549. The van der Waals surface area contributed by atoms with E-state index in [4.69, 9.17) is 36.1 Å². The number of hydrogen-bond donors (Lipinski definition) is 8. The fourth-order valence-electron chi connectivity index (χ4n) is 5.72. The van der Waals surface area contributed by atoms with Gasteiger partial charge in [-0.1, -0.05) is 58.6 Å². The molecule has 0 aromatic heterocycles. The molecule has 0 aliphatic carbocycles. The summed E-state index contributed by atoms with van der Waals surface area (Å²) in [5, 5.41) is 64.0. The van der Waals surface area contributed by atoms with E-state index in [0.29, 0.717) is 22.9 Å². The third-order valence-electron chi connectivity index (χ3n) is 10.1. The van der Waals surface area contributed by atoms with E-state index in [-0.39, 0.29) is 128 Å². The number of carbonyl (C=O) groups is 6. The van der Waals surface area contributed by atoms with E-state index in [1.807, 2.05) is 45.2 Å². The molecule has 0 fully saturated rings. The third kappa shape index (κ3) is 43.0. The fraction of sp³-hybridized carbons (Fsp3) is 0.250. The maximum Gasteiger partial charge on any atom is 1.00 e. The summed E-state index contributed by atoms with van der Waals surface area (Å²) in [6, 6.07) is 15.2. The van der Waals surface area contributed by atoms with E-state index in [9.17, 15) is 88.0 Å². The van der Waals surface area contributed by atoms with Gasteiger partial charge in [-0.3, -0.25) is 30.0 Å². The van der Waals surface area contributed by atoms with Gasteiger partial charge in [0.05, 0.1) is 59.7 Å². The normalized spacial score (nSPS) is 9.85. The van der Waals surface area contributed by atoms with Crippen molar-refractivity contribution in [2.75, 3.05) is 33.3 Å². The van der Waals surface area contributed by atoms with Crippen LogP contribution in [0.5, 0.6) is 0 Å². The predicted octanol–water partition coefficient (Wildman–Crippen LogP) is 8.02. The maximum absolute atomic E-state index is 13.2. The first-order chi connectivity index (χ1) is 42.5. The van der Waals surface area contributed by atoms with Crippen molar-refractivity contribution in [2.24, 2.45) is 0 Å². The first kappa shape index (κ1) is 112. The minimum atomic E-state index is -4.52. The summed E-state index contributed by atoms with van der Waals surface area (Å²) in [5.41, 5.74) is 7.26. The molecule has 30 nitrogen and oxygen atoms in total. The minimum absolute atomic E-state index is 0. The van der Waals surface area contributed by atoms with Crippen LogP contribution in [0.4, 0.5) is 43.4 Å². The zero-order valence-electron chi connectivity index (χ0n) is 50.8. The van der Waals surface area contributed by atoms with Crippen LogP contribution >= 0.6 is 66.5 Å². The number of carboxylic acids is 3. The molecule has 44 heteroatoms. The Hall–Kier alpha value is -6.13. The molecule has 0 unspecified atom stereocenters. The number of nitrogens with two attached hydrogens (primary N) is 1. The average molecular weight is 1870 g/mol. The molecule has 0 atom stereocenters. The standard InChI is InChI=1S/C9H8FIO2.C9H8FNO4.C9H10FNO2.C8H6FIO2.C8H6FNO4.C8H7FO2.CH4Cl2O2S.4CH4.HI.H3NO7S.Na.H2O/c1-5-3-7(10)6(4-8(5)11)9(12)13-2;1-5-3-7(10)6(9(12)15-2)4-8(5)11(13)14;1-5-3-7(10)6(4-8(5)11)9(12)13-2;1-4-2-6(9)5(8(11)12)3-7(4)10;1-4-2-6(9)5(8(11)12)3-7(4)10(13)14;1-5-2-3-6(8(10)11)7(9)4-5;1-6(2,3,4)5;;;;;;2-1-6-9(4,5)8-7-3;;/h3-4H,1-2H3;3-4H,1-2H3;3-4H,11H2,1-2H3;2-3H,1H3,(H,11,12);2-3H,1H3,(H,11,12);2-4H,1H3,(H,10,11);1H3,(H,4,5);4*1H4;1H;1-3H;;1H2/q;;;;;;;;;;;;;+1;/p-2. The van der Waals surface area contributed by atoms with Gasteiger partial charge in [-0.05, 0) is 170 Å². The van der Waals surface area contributed by atoms with Gasteiger partial charge in [0.15, 0.2) is 0 Å². The second-order valence-corrected chi connectivity index (χ2v) is 27.6. The molecule has 10 N–H and O–H groups in total. The van der Waals surface area contributed by atoms with Crippen LogP contribution in [0.3, 0.4) is 0 Å². The van der Waals surface area contributed by atoms with E-state index >= 15 is 0 Å². The van der Waals surface area contributed by atoms with Gasteiger partial charge in [0.1, 0.15) is 46.0 Å². The molecule has 6 aromatic rings. The van der Waals surface area contributed by atoms with Crippen molar-refractivity contribution in [1.29, 1.82) is 0 Å². The molecule has 0 saturated heterocycles. The summed E-state index contributed by atoms with van der Waals surface area (Å²) in [6.45, 7) is 9.62. The van der Waals surface area contributed by atoms with Gasteiger partial charge in [-0.15, -0.1) is 4.28 Å². The van der Waals surface area contributed by atoms with E-state index in [0.717, 1.165) is 55.5 Å². The zero-order chi connectivity index (χ0) is 73.0. The van der Waals surface area contributed by atoms with Crippen LogP contribution < -0.4 is 64.9 Å². The van der Waals surface area contributed by atoms with Crippen LogP contribution in [0.15, 0.2) is 78.9 Å². The molecule has 0 saturated carbocycles. The SMILES string of the molecule is C.C.C.C.COC(=O)c1cc(I)c(C)cc1F.COC(=O)c1cc(N)c(C)cc1F.COC(=O)c1cc([N+](=O)[O-])c(C)cc1F.CS(=O)(O)(Cl)Cl.Cc1cc(F)c(C(=O)O)cc1I.Cc1cc(F)c(C(=O)O)cc1[N+](=O)[O-].Cc1ccc(C(=O)O)c(F)c1.O=S(=O)(ONO)OOO.[I-].[Na+].[OH-]. The largest absolute Gasteiger partial charge is 1.00 e. The number of nitro groups is 2. The third-order valence-corrected chi connectivity index (χ3v) is 12.9. The van der Waals surface area contributed by atoms with Crippen molar-refractivity contribution < 1.29 is 195 Å². The number of esters is 3. The molecule has 0 aliphatic rings. The Balaban J connectivity index is -0.000000135. The van der Waals surface area contributed by atoms with Gasteiger partial charge in [-0.25, -0.2) is 60.4 Å². The zero-order valence-corrected chi connectivity index (χ0v) is 62.5. The van der Waals surface area contributed by atoms with Crippen LogP contribution in [0.1, 0.15) is 125 Å². The van der Waals surface area contributed by atoms with Crippen molar-refractivity contribution in [3.63, 3.8) is 0 Å². The Morgan fingerprint density at radius 2 is 0.820 bits per heavy atom. The summed E-state index contributed by atoms with van der Waals surface area (Å²) < 4.78 is 137. The maximum atomic E-state index is 13.2. The van der Waals surface area contributed by atoms with Gasteiger partial charge in [0.2, 0.25) is 0 Å². The van der Waals surface area contributed by atoms with Gasteiger partial charge in [0, 0.05) is 57.5 Å². The van der Waals surface area contributed by atoms with Gasteiger partial charge in [-0.2, -0.15) is 12.6 Å². The molecule has 0 heterocycles. The Labute approximate surface area is 644 Å². The summed E-state index contributed by atoms with van der Waals surface area (Å²) in [5.74, 6) is -10.6. The van der Waals surface area contributed by atoms with Gasteiger partial charge in [0.25, 0.3) is 11.4 Å². The molecule has 0 aliphatic heterocycles. The van der Waals surface area contributed by atoms with Crippen LogP contribution in [0.2, 0.25) is 0 Å². The number of halogens is 11. The van der Waals surface area contributed by atoms with Crippen LogP contribution in [0, 0.1) is 104 Å². The molecule has 6 rings (SSSR count). The van der Waals surface area contributed by atoms with Crippen LogP contribution in [-0.4, -0.2) is 122 Å². The summed E-state index contributed by atoms with van der Waals surface area (Å²) in [7, 11) is 4.15. The number of benzene rings is 6. The van der Waals surface area contributed by atoms with E-state index in [1.165, 1.54) is 76.6 Å². The Morgan fingerprint density at radius 1 is 0.550 bits per heavy atom. The Morgan fingerprint density at radius 3 is 1.12 bits per heavy atom. The van der Waals surface area contributed by atoms with Crippen LogP contribution in [-0.2, 0) is 46.0 Å². The molecule has 0 spiro atoms. The molecule has 0 bridgehead atoms. The molecule has 6 aromatic carbocycles. The number of carbonyl (C=O) groups excluding carboxylic acids is 3. The number of hydrogen-bond acceptors (Lipinski definition) is 24. The molecular weight excluding hydrogens is 1800 g/mol. The predicted molar refractivity (Wildman–Crippen MR) is 362 cm³/mol. The number of aryl methyl sites for hydroxylation is 6. The second-order valence-electron chi connectivity index (χ2n) is 17.3. The molecule has 100 heavy (non-hydrogen) atoms. The number of nitrogens with zero attached hydrogens (tertiary/aromatic N) is 2. The second kappa shape index (κ2) is 51.9. The Kier molecular flexibility index (Phi) is 58.4. The van der Waals surface area contributed by atoms with Gasteiger partial charge < -0.3 is 64.7 Å². The molecule has 0 radical (unpaired) electrons. The summed E-state index contributed by atoms with van der Waals surface area (Å²) in [6.07, 6.45) is 0.848. The number of nitrogens with one attached hydrogen (secondary N) is 1. The number of anilines is 1. The number of aromatic carboxylic acids is 3. The monoisotopic (exact) mass is 1860 g/mol. The van der Waals surface area contributed by atoms with Crippen molar-refractivity contribution in [3.05, 3.63) is 208 Å². The van der Waals surface area contributed by atoms with Crippen molar-refractivity contribution >= 4 is 138 Å².